The van der Waals surface area contributed by atoms with Gasteiger partial charge in [-0.05, 0) is 51.4 Å². The summed E-state index contributed by atoms with van der Waals surface area (Å²) in [7, 11) is 0. The van der Waals surface area contributed by atoms with E-state index in [1.54, 1.807) is 0 Å². The molecule has 0 aromatic carbocycles. The average Bonchev–Trinajstić information content (AvgIpc) is 2.83. The SMILES string of the molecule is CC(NC(C)C1CCOCC1)C1CCCC1. The van der Waals surface area contributed by atoms with Crippen molar-refractivity contribution in [1.29, 1.82) is 0 Å². The van der Waals surface area contributed by atoms with Crippen molar-refractivity contribution >= 4 is 0 Å². The third-order valence-electron chi connectivity index (χ3n) is 4.61. The Hall–Kier alpha value is -0.0800. The van der Waals surface area contributed by atoms with Crippen LogP contribution in [-0.4, -0.2) is 25.3 Å². The predicted octanol–water partition coefficient (Wildman–Crippen LogP) is 2.97. The summed E-state index contributed by atoms with van der Waals surface area (Å²) in [5.74, 6) is 1.76. The molecule has 1 heterocycles. The van der Waals surface area contributed by atoms with Crippen LogP contribution < -0.4 is 5.32 Å². The zero-order chi connectivity index (χ0) is 11.4. The van der Waals surface area contributed by atoms with Gasteiger partial charge in [0.15, 0.2) is 0 Å². The number of ether oxygens (including phenoxy) is 1. The highest BCUT2D eigenvalue weighted by molar-refractivity contribution is 4.82. The lowest BCUT2D eigenvalue weighted by Gasteiger charge is -2.32. The molecule has 2 fully saturated rings. The molecule has 0 aromatic rings. The molecular weight excluding hydrogens is 198 g/mol. The lowest BCUT2D eigenvalue weighted by Crippen LogP contribution is -2.44. The molecule has 94 valence electrons. The quantitative estimate of drug-likeness (QED) is 0.794. The zero-order valence-corrected chi connectivity index (χ0v) is 10.9. The Balaban J connectivity index is 1.74. The van der Waals surface area contributed by atoms with Crippen LogP contribution >= 0.6 is 0 Å². The van der Waals surface area contributed by atoms with Gasteiger partial charge in [0.25, 0.3) is 0 Å². The summed E-state index contributed by atoms with van der Waals surface area (Å²) in [4.78, 5) is 0. The van der Waals surface area contributed by atoms with Gasteiger partial charge in [-0.15, -0.1) is 0 Å². The van der Waals surface area contributed by atoms with Gasteiger partial charge >= 0.3 is 0 Å². The fourth-order valence-corrected chi connectivity index (χ4v) is 3.36. The van der Waals surface area contributed by atoms with Gasteiger partial charge < -0.3 is 10.1 Å². The van der Waals surface area contributed by atoms with Crippen LogP contribution in [0.15, 0.2) is 0 Å². The first kappa shape index (κ1) is 12.4. The molecule has 1 saturated heterocycles. The van der Waals surface area contributed by atoms with Crippen LogP contribution in [0.25, 0.3) is 0 Å². The van der Waals surface area contributed by atoms with Gasteiger partial charge in [-0.1, -0.05) is 12.8 Å². The Labute approximate surface area is 100 Å². The van der Waals surface area contributed by atoms with Crippen molar-refractivity contribution in [2.75, 3.05) is 13.2 Å². The van der Waals surface area contributed by atoms with Crippen LogP contribution in [0.1, 0.15) is 52.4 Å². The molecule has 1 N–H and O–H groups in total. The molecular formula is C14H27NO. The third-order valence-corrected chi connectivity index (χ3v) is 4.61. The minimum absolute atomic E-state index is 0.666. The zero-order valence-electron chi connectivity index (χ0n) is 10.9. The van der Waals surface area contributed by atoms with E-state index in [0.29, 0.717) is 12.1 Å². The molecule has 0 amide bonds. The molecule has 0 bridgehead atoms. The standard InChI is InChI=1S/C14H27NO/c1-11(13-5-3-4-6-13)15-12(2)14-7-9-16-10-8-14/h11-15H,3-10H2,1-2H3. The summed E-state index contributed by atoms with van der Waals surface area (Å²) in [6, 6.07) is 1.37. The Morgan fingerprint density at radius 1 is 0.875 bits per heavy atom. The molecule has 2 rings (SSSR count). The molecule has 16 heavy (non-hydrogen) atoms. The van der Waals surface area contributed by atoms with Crippen LogP contribution in [-0.2, 0) is 4.74 Å². The van der Waals surface area contributed by atoms with Crippen LogP contribution in [0, 0.1) is 11.8 Å². The van der Waals surface area contributed by atoms with E-state index in [1.165, 1.54) is 38.5 Å². The van der Waals surface area contributed by atoms with E-state index in [0.717, 1.165) is 25.0 Å². The van der Waals surface area contributed by atoms with E-state index >= 15 is 0 Å². The number of nitrogens with one attached hydrogen (secondary N) is 1. The Kier molecular flexibility index (Phi) is 4.66. The van der Waals surface area contributed by atoms with E-state index in [2.05, 4.69) is 19.2 Å². The molecule has 1 aliphatic heterocycles. The molecule has 2 unspecified atom stereocenters. The molecule has 2 heteroatoms. The van der Waals surface area contributed by atoms with Gasteiger partial charge in [0, 0.05) is 25.3 Å². The lowest BCUT2D eigenvalue weighted by atomic mass is 9.91. The monoisotopic (exact) mass is 225 g/mol. The maximum atomic E-state index is 5.43. The smallest absolute Gasteiger partial charge is 0.0469 e. The Morgan fingerprint density at radius 3 is 1.94 bits per heavy atom. The van der Waals surface area contributed by atoms with Crippen LogP contribution in [0.4, 0.5) is 0 Å². The van der Waals surface area contributed by atoms with Crippen LogP contribution in [0.3, 0.4) is 0 Å². The maximum Gasteiger partial charge on any atom is 0.0469 e. The normalized spacial score (nSPS) is 28.1. The fourth-order valence-electron chi connectivity index (χ4n) is 3.36. The second-order valence-corrected chi connectivity index (χ2v) is 5.74. The Morgan fingerprint density at radius 2 is 1.38 bits per heavy atom. The number of hydrogen-bond donors (Lipinski definition) is 1. The first-order valence-corrected chi connectivity index (χ1v) is 7.11. The largest absolute Gasteiger partial charge is 0.381 e. The molecule has 0 aromatic heterocycles. The van der Waals surface area contributed by atoms with Crippen molar-refractivity contribution in [3.05, 3.63) is 0 Å². The number of rotatable bonds is 4. The van der Waals surface area contributed by atoms with Crippen LogP contribution in [0.2, 0.25) is 0 Å². The van der Waals surface area contributed by atoms with Crippen molar-refractivity contribution in [1.82, 2.24) is 5.32 Å². The van der Waals surface area contributed by atoms with E-state index in [-0.39, 0.29) is 0 Å². The predicted molar refractivity (Wildman–Crippen MR) is 67.6 cm³/mol. The average molecular weight is 225 g/mol. The van der Waals surface area contributed by atoms with Gasteiger partial charge in [-0.25, -0.2) is 0 Å². The minimum atomic E-state index is 0.666. The van der Waals surface area contributed by atoms with Crippen molar-refractivity contribution in [2.24, 2.45) is 11.8 Å². The van der Waals surface area contributed by atoms with Crippen molar-refractivity contribution in [3.63, 3.8) is 0 Å². The van der Waals surface area contributed by atoms with E-state index in [9.17, 15) is 0 Å². The summed E-state index contributed by atoms with van der Waals surface area (Å²) < 4.78 is 5.43. The third kappa shape index (κ3) is 3.21. The second-order valence-electron chi connectivity index (χ2n) is 5.74. The van der Waals surface area contributed by atoms with Gasteiger partial charge in [0.2, 0.25) is 0 Å². The topological polar surface area (TPSA) is 21.3 Å². The molecule has 1 saturated carbocycles. The van der Waals surface area contributed by atoms with Crippen molar-refractivity contribution in [2.45, 2.75) is 64.5 Å². The first-order chi connectivity index (χ1) is 7.77. The fraction of sp³-hybridized carbons (Fsp3) is 1.00. The first-order valence-electron chi connectivity index (χ1n) is 7.11. The lowest BCUT2D eigenvalue weighted by molar-refractivity contribution is 0.0536. The summed E-state index contributed by atoms with van der Waals surface area (Å²) in [5, 5.41) is 3.84. The summed E-state index contributed by atoms with van der Waals surface area (Å²) >= 11 is 0. The van der Waals surface area contributed by atoms with E-state index in [4.69, 9.17) is 4.74 Å². The van der Waals surface area contributed by atoms with E-state index < -0.39 is 0 Å². The number of hydrogen-bond acceptors (Lipinski definition) is 2. The Bertz CT molecular complexity index is 195. The van der Waals surface area contributed by atoms with E-state index in [1.807, 2.05) is 0 Å². The highest BCUT2D eigenvalue weighted by atomic mass is 16.5. The molecule has 2 aliphatic rings. The highest BCUT2D eigenvalue weighted by Crippen LogP contribution is 2.28. The highest BCUT2D eigenvalue weighted by Gasteiger charge is 2.26. The molecule has 1 aliphatic carbocycles. The minimum Gasteiger partial charge on any atom is -0.381 e. The van der Waals surface area contributed by atoms with Crippen molar-refractivity contribution < 1.29 is 4.74 Å². The van der Waals surface area contributed by atoms with Gasteiger partial charge in [-0.3, -0.25) is 0 Å². The summed E-state index contributed by atoms with van der Waals surface area (Å²) in [5.41, 5.74) is 0. The van der Waals surface area contributed by atoms with Gasteiger partial charge in [0.05, 0.1) is 0 Å². The summed E-state index contributed by atoms with van der Waals surface area (Å²) in [6.07, 6.45) is 8.26. The molecule has 2 atom stereocenters. The molecule has 2 nitrogen and oxygen atoms in total. The van der Waals surface area contributed by atoms with Gasteiger partial charge in [-0.2, -0.15) is 0 Å². The summed E-state index contributed by atoms with van der Waals surface area (Å²) in [6.45, 7) is 6.68. The second kappa shape index (κ2) is 6.02. The van der Waals surface area contributed by atoms with Crippen LogP contribution in [0.5, 0.6) is 0 Å². The maximum absolute atomic E-state index is 5.43. The molecule has 0 radical (unpaired) electrons. The molecule has 0 spiro atoms. The van der Waals surface area contributed by atoms with Gasteiger partial charge in [0.1, 0.15) is 0 Å². The van der Waals surface area contributed by atoms with Crippen molar-refractivity contribution in [3.8, 4) is 0 Å².